The van der Waals surface area contributed by atoms with E-state index in [0.29, 0.717) is 22.8 Å². The summed E-state index contributed by atoms with van der Waals surface area (Å²) < 4.78 is 31.1. The smallest absolute Gasteiger partial charge is 0.246 e. The Hall–Kier alpha value is -1.67. The molecule has 0 amide bonds. The zero-order chi connectivity index (χ0) is 14.2. The lowest BCUT2D eigenvalue weighted by atomic mass is 10.4. The molecule has 2 aromatic heterocycles. The zero-order valence-electron chi connectivity index (χ0n) is 11.3. The molecule has 0 radical (unpaired) electrons. The van der Waals surface area contributed by atoms with Crippen LogP contribution in [0.25, 0.3) is 0 Å². The predicted molar refractivity (Wildman–Crippen MR) is 68.0 cm³/mol. The van der Waals surface area contributed by atoms with E-state index in [4.69, 9.17) is 4.52 Å². The Balaban J connectivity index is 2.30. The van der Waals surface area contributed by atoms with E-state index >= 15 is 0 Å². The Labute approximate surface area is 111 Å². The van der Waals surface area contributed by atoms with Gasteiger partial charge in [-0.15, -0.1) is 0 Å². The summed E-state index contributed by atoms with van der Waals surface area (Å²) in [4.78, 5) is 0.218. The molecule has 7 nitrogen and oxygen atoms in total. The van der Waals surface area contributed by atoms with Crippen molar-refractivity contribution in [1.29, 1.82) is 0 Å². The zero-order valence-corrected chi connectivity index (χ0v) is 12.1. The lowest BCUT2D eigenvalue weighted by Crippen LogP contribution is -2.27. The number of nitrogens with zero attached hydrogens (tertiary/aromatic N) is 3. The minimum absolute atomic E-state index is 0.156. The van der Waals surface area contributed by atoms with Crippen LogP contribution in [0.4, 0.5) is 0 Å². The number of hydrogen-bond donors (Lipinski definition) is 1. The molecule has 0 saturated carbocycles. The molecular formula is C11H16N4O3S. The van der Waals surface area contributed by atoms with Gasteiger partial charge in [0.15, 0.2) is 0 Å². The molecule has 1 N–H and O–H groups in total. The Kier molecular flexibility index (Phi) is 3.46. The molecule has 0 aliphatic carbocycles. The highest BCUT2D eigenvalue weighted by atomic mass is 32.2. The molecule has 0 atom stereocenters. The van der Waals surface area contributed by atoms with Crippen molar-refractivity contribution in [3.05, 3.63) is 28.9 Å². The molecule has 0 spiro atoms. The molecule has 19 heavy (non-hydrogen) atoms. The second kappa shape index (κ2) is 4.78. The van der Waals surface area contributed by atoms with Gasteiger partial charge >= 0.3 is 0 Å². The van der Waals surface area contributed by atoms with Crippen molar-refractivity contribution in [1.82, 2.24) is 19.7 Å². The first kappa shape index (κ1) is 13.8. The number of sulfonamides is 1. The minimum Gasteiger partial charge on any atom is -0.361 e. The van der Waals surface area contributed by atoms with Crippen molar-refractivity contribution in [2.24, 2.45) is 0 Å². The fourth-order valence-electron chi connectivity index (χ4n) is 1.88. The summed E-state index contributed by atoms with van der Waals surface area (Å²) in [6, 6.07) is 1.71. The summed E-state index contributed by atoms with van der Waals surface area (Å²) in [5, 5.41) is 10.4. The second-order valence-electron chi connectivity index (χ2n) is 4.45. The molecule has 8 heteroatoms. The van der Waals surface area contributed by atoms with Crippen LogP contribution in [0.2, 0.25) is 0 Å². The van der Waals surface area contributed by atoms with Crippen LogP contribution in [0.1, 0.15) is 22.8 Å². The van der Waals surface area contributed by atoms with Crippen molar-refractivity contribution in [3.63, 3.8) is 0 Å². The van der Waals surface area contributed by atoms with Gasteiger partial charge in [0.2, 0.25) is 10.0 Å². The number of rotatable bonds is 4. The quantitative estimate of drug-likeness (QED) is 0.909. The Morgan fingerprint density at radius 3 is 2.53 bits per heavy atom. The largest absolute Gasteiger partial charge is 0.361 e. The van der Waals surface area contributed by atoms with Crippen molar-refractivity contribution >= 4 is 10.0 Å². The Morgan fingerprint density at radius 1 is 1.37 bits per heavy atom. The van der Waals surface area contributed by atoms with E-state index < -0.39 is 10.0 Å². The average molecular weight is 284 g/mol. The molecule has 104 valence electrons. The third-order valence-electron chi connectivity index (χ3n) is 2.79. The number of hydrogen-bond acceptors (Lipinski definition) is 5. The molecule has 0 saturated heterocycles. The first-order valence-electron chi connectivity index (χ1n) is 5.72. The predicted octanol–water partition coefficient (Wildman–Crippen LogP) is 1.14. The summed E-state index contributed by atoms with van der Waals surface area (Å²) in [5.41, 5.74) is 1.56. The van der Waals surface area contributed by atoms with E-state index in [1.807, 2.05) is 0 Å². The van der Waals surface area contributed by atoms with E-state index in [0.717, 1.165) is 0 Å². The van der Waals surface area contributed by atoms with Crippen LogP contribution in [-0.4, -0.2) is 35.1 Å². The molecular weight excluding hydrogens is 268 g/mol. The number of H-pyrrole nitrogens is 1. The second-order valence-corrected chi connectivity index (χ2v) is 6.43. The van der Waals surface area contributed by atoms with Crippen LogP contribution < -0.4 is 0 Å². The lowest BCUT2D eigenvalue weighted by molar-refractivity contribution is 0.378. The van der Waals surface area contributed by atoms with Gasteiger partial charge in [0.05, 0.1) is 23.6 Å². The van der Waals surface area contributed by atoms with Crippen LogP contribution >= 0.6 is 0 Å². The summed E-state index contributed by atoms with van der Waals surface area (Å²) in [6.07, 6.45) is 0. The summed E-state index contributed by atoms with van der Waals surface area (Å²) >= 11 is 0. The molecule has 0 aliphatic heterocycles. The van der Waals surface area contributed by atoms with Crippen LogP contribution in [0.3, 0.4) is 0 Å². The first-order chi connectivity index (χ1) is 8.82. The van der Waals surface area contributed by atoms with Crippen molar-refractivity contribution in [2.45, 2.75) is 32.2 Å². The summed E-state index contributed by atoms with van der Waals surface area (Å²) in [7, 11) is -2.08. The lowest BCUT2D eigenvalue weighted by Gasteiger charge is -2.15. The molecule has 2 heterocycles. The van der Waals surface area contributed by atoms with Crippen molar-refractivity contribution in [2.75, 3.05) is 7.05 Å². The SMILES string of the molecule is Cc1cc(CN(C)S(=O)(=O)c2c(C)n[nH]c2C)no1. The van der Waals surface area contributed by atoms with Gasteiger partial charge < -0.3 is 4.52 Å². The molecule has 0 aromatic carbocycles. The van der Waals surface area contributed by atoms with Gasteiger partial charge in [-0.3, -0.25) is 5.10 Å². The van der Waals surface area contributed by atoms with Crippen LogP contribution in [0, 0.1) is 20.8 Å². The highest BCUT2D eigenvalue weighted by Gasteiger charge is 2.27. The van der Waals surface area contributed by atoms with Crippen molar-refractivity contribution < 1.29 is 12.9 Å². The first-order valence-corrected chi connectivity index (χ1v) is 7.16. The third-order valence-corrected chi connectivity index (χ3v) is 4.86. The summed E-state index contributed by atoms with van der Waals surface area (Å²) in [6.45, 7) is 5.25. The highest BCUT2D eigenvalue weighted by Crippen LogP contribution is 2.21. The van der Waals surface area contributed by atoms with Gasteiger partial charge in [0.1, 0.15) is 10.7 Å². The number of nitrogens with one attached hydrogen (secondary N) is 1. The Bertz CT molecular complexity index is 667. The van der Waals surface area contributed by atoms with Crippen LogP contribution in [-0.2, 0) is 16.6 Å². The topological polar surface area (TPSA) is 92.1 Å². The van der Waals surface area contributed by atoms with Gasteiger partial charge in [0.25, 0.3) is 0 Å². The van der Waals surface area contributed by atoms with Gasteiger partial charge in [-0.1, -0.05) is 5.16 Å². The van der Waals surface area contributed by atoms with E-state index in [9.17, 15) is 8.42 Å². The molecule has 0 aliphatic rings. The maximum Gasteiger partial charge on any atom is 0.246 e. The maximum atomic E-state index is 12.5. The summed E-state index contributed by atoms with van der Waals surface area (Å²) in [5.74, 6) is 0.650. The highest BCUT2D eigenvalue weighted by molar-refractivity contribution is 7.89. The minimum atomic E-state index is -3.59. The normalized spacial score (nSPS) is 12.3. The van der Waals surface area contributed by atoms with E-state index in [-0.39, 0.29) is 11.4 Å². The fourth-order valence-corrected chi connectivity index (χ4v) is 3.35. The number of aromatic nitrogens is 3. The fraction of sp³-hybridized carbons (Fsp3) is 0.455. The van der Waals surface area contributed by atoms with Crippen LogP contribution in [0.5, 0.6) is 0 Å². The maximum absolute atomic E-state index is 12.5. The Morgan fingerprint density at radius 2 is 2.05 bits per heavy atom. The number of aryl methyl sites for hydroxylation is 3. The van der Waals surface area contributed by atoms with Gasteiger partial charge in [0, 0.05) is 13.1 Å². The monoisotopic (exact) mass is 284 g/mol. The molecule has 0 bridgehead atoms. The van der Waals surface area contributed by atoms with Gasteiger partial charge in [-0.25, -0.2) is 8.42 Å². The third kappa shape index (κ3) is 2.54. The van der Waals surface area contributed by atoms with E-state index in [2.05, 4.69) is 15.4 Å². The molecule has 2 rings (SSSR count). The van der Waals surface area contributed by atoms with E-state index in [1.165, 1.54) is 11.4 Å². The molecule has 0 fully saturated rings. The standard InChI is InChI=1S/C11H16N4O3S/c1-7-5-10(14-18-7)6-15(4)19(16,17)11-8(2)12-13-9(11)3/h5H,6H2,1-4H3,(H,12,13). The average Bonchev–Trinajstić information content (AvgIpc) is 2.85. The van der Waals surface area contributed by atoms with E-state index in [1.54, 1.807) is 26.8 Å². The number of aromatic amines is 1. The van der Waals surface area contributed by atoms with Crippen LogP contribution in [0.15, 0.2) is 15.5 Å². The molecule has 2 aromatic rings. The van der Waals surface area contributed by atoms with Gasteiger partial charge in [-0.05, 0) is 20.8 Å². The van der Waals surface area contributed by atoms with Crippen molar-refractivity contribution in [3.8, 4) is 0 Å². The molecule has 0 unspecified atom stereocenters. The van der Waals surface area contributed by atoms with Gasteiger partial charge in [-0.2, -0.15) is 9.40 Å².